The van der Waals surface area contributed by atoms with E-state index in [0.29, 0.717) is 16.6 Å². The minimum atomic E-state index is -0.201. The Morgan fingerprint density at radius 3 is 2.60 bits per heavy atom. The van der Waals surface area contributed by atoms with Crippen LogP contribution in [0.3, 0.4) is 0 Å². The summed E-state index contributed by atoms with van der Waals surface area (Å²) >= 11 is 12.0. The van der Waals surface area contributed by atoms with Crippen LogP contribution in [0.2, 0.25) is 10.0 Å². The van der Waals surface area contributed by atoms with Crippen LogP contribution in [0.25, 0.3) is 0 Å². The summed E-state index contributed by atoms with van der Waals surface area (Å²) in [5.74, 6) is -0.201. The second-order valence-corrected chi connectivity index (χ2v) is 5.58. The van der Waals surface area contributed by atoms with Gasteiger partial charge in [0, 0.05) is 16.6 Å². The fourth-order valence-electron chi connectivity index (χ4n) is 2.00. The van der Waals surface area contributed by atoms with Crippen molar-refractivity contribution in [3.63, 3.8) is 0 Å². The van der Waals surface area contributed by atoms with Crippen molar-refractivity contribution in [2.75, 3.05) is 6.54 Å². The van der Waals surface area contributed by atoms with Gasteiger partial charge in [-0.2, -0.15) is 0 Å². The zero-order chi connectivity index (χ0) is 14.5. The van der Waals surface area contributed by atoms with Crippen molar-refractivity contribution in [1.82, 2.24) is 5.32 Å². The van der Waals surface area contributed by atoms with Crippen LogP contribution in [-0.4, -0.2) is 6.54 Å². The van der Waals surface area contributed by atoms with Gasteiger partial charge in [-0.15, -0.1) is 0 Å². The highest BCUT2D eigenvalue weighted by atomic mass is 35.5. The maximum atomic E-state index is 13.2. The molecule has 0 amide bonds. The van der Waals surface area contributed by atoms with Crippen LogP contribution in [0.4, 0.5) is 4.39 Å². The molecular weight excluding hydrogens is 296 g/mol. The third-order valence-corrected chi connectivity index (χ3v) is 3.80. The summed E-state index contributed by atoms with van der Waals surface area (Å²) in [6.45, 7) is 3.40. The molecule has 0 aromatic heterocycles. The van der Waals surface area contributed by atoms with Gasteiger partial charge in [-0.05, 0) is 60.8 Å². The summed E-state index contributed by atoms with van der Waals surface area (Å²) in [7, 11) is 0. The van der Waals surface area contributed by atoms with E-state index in [9.17, 15) is 4.39 Å². The molecule has 4 heteroatoms. The van der Waals surface area contributed by atoms with Gasteiger partial charge in [0.15, 0.2) is 0 Å². The summed E-state index contributed by atoms with van der Waals surface area (Å²) < 4.78 is 13.2. The molecule has 0 spiro atoms. The summed E-state index contributed by atoms with van der Waals surface area (Å²) in [5, 5.41) is 4.62. The Morgan fingerprint density at radius 2 is 1.85 bits per heavy atom. The van der Waals surface area contributed by atoms with Crippen LogP contribution in [0.15, 0.2) is 36.4 Å². The van der Waals surface area contributed by atoms with E-state index in [1.54, 1.807) is 18.2 Å². The number of halogens is 3. The zero-order valence-corrected chi connectivity index (χ0v) is 12.7. The first-order valence-electron chi connectivity index (χ1n) is 6.46. The predicted octanol–water partition coefficient (Wildman–Crippen LogP) is 4.77. The summed E-state index contributed by atoms with van der Waals surface area (Å²) in [5.41, 5.74) is 3.12. The molecule has 2 rings (SSSR count). The summed E-state index contributed by atoms with van der Waals surface area (Å²) in [6.07, 6.45) is 0.810. The Hall–Kier alpha value is -1.09. The molecule has 0 unspecified atom stereocenters. The molecule has 2 aromatic carbocycles. The molecule has 0 fully saturated rings. The predicted molar refractivity (Wildman–Crippen MR) is 83.0 cm³/mol. The molecule has 106 valence electrons. The van der Waals surface area contributed by atoms with Gasteiger partial charge in [0.05, 0.1) is 0 Å². The fourth-order valence-corrected chi connectivity index (χ4v) is 2.50. The lowest BCUT2D eigenvalue weighted by molar-refractivity contribution is 0.619. The van der Waals surface area contributed by atoms with E-state index in [-0.39, 0.29) is 5.82 Å². The van der Waals surface area contributed by atoms with Crippen molar-refractivity contribution in [1.29, 1.82) is 0 Å². The van der Waals surface area contributed by atoms with Gasteiger partial charge in [0.1, 0.15) is 5.82 Å². The normalized spacial score (nSPS) is 10.8. The SMILES string of the molecule is Cc1ccc(F)cc1CNCCc1ccc(Cl)cc1Cl. The molecule has 0 atom stereocenters. The van der Waals surface area contributed by atoms with E-state index in [1.165, 1.54) is 6.07 Å². The van der Waals surface area contributed by atoms with Crippen LogP contribution in [0.1, 0.15) is 16.7 Å². The van der Waals surface area contributed by atoms with Crippen molar-refractivity contribution < 1.29 is 4.39 Å². The van der Waals surface area contributed by atoms with Crippen molar-refractivity contribution in [2.24, 2.45) is 0 Å². The summed E-state index contributed by atoms with van der Waals surface area (Å²) in [6, 6.07) is 10.3. The quantitative estimate of drug-likeness (QED) is 0.784. The molecule has 0 aliphatic rings. The molecule has 1 N–H and O–H groups in total. The molecular formula is C16H16Cl2FN. The van der Waals surface area contributed by atoms with Crippen molar-refractivity contribution >= 4 is 23.2 Å². The topological polar surface area (TPSA) is 12.0 Å². The van der Waals surface area contributed by atoms with E-state index < -0.39 is 0 Å². The second-order valence-electron chi connectivity index (χ2n) is 4.73. The number of hydrogen-bond donors (Lipinski definition) is 1. The van der Waals surface area contributed by atoms with E-state index in [4.69, 9.17) is 23.2 Å². The molecule has 0 heterocycles. The lowest BCUT2D eigenvalue weighted by atomic mass is 10.1. The van der Waals surface area contributed by atoms with Crippen LogP contribution in [-0.2, 0) is 13.0 Å². The Labute approximate surface area is 128 Å². The number of nitrogens with one attached hydrogen (secondary N) is 1. The molecule has 0 saturated carbocycles. The van der Waals surface area contributed by atoms with Gasteiger partial charge in [0.25, 0.3) is 0 Å². The average Bonchev–Trinajstić information content (AvgIpc) is 2.40. The first-order valence-corrected chi connectivity index (χ1v) is 7.21. The highest BCUT2D eigenvalue weighted by molar-refractivity contribution is 6.35. The van der Waals surface area contributed by atoms with Gasteiger partial charge >= 0.3 is 0 Å². The highest BCUT2D eigenvalue weighted by Gasteiger charge is 2.03. The van der Waals surface area contributed by atoms with Gasteiger partial charge in [-0.1, -0.05) is 35.3 Å². The second kappa shape index (κ2) is 7.07. The fraction of sp³-hybridized carbons (Fsp3) is 0.250. The average molecular weight is 312 g/mol. The van der Waals surface area contributed by atoms with E-state index in [1.807, 2.05) is 19.1 Å². The van der Waals surface area contributed by atoms with Crippen LogP contribution in [0, 0.1) is 12.7 Å². The first-order chi connectivity index (χ1) is 9.56. The largest absolute Gasteiger partial charge is 0.312 e. The number of benzene rings is 2. The van der Waals surface area contributed by atoms with Crippen LogP contribution >= 0.6 is 23.2 Å². The lowest BCUT2D eigenvalue weighted by Gasteiger charge is -2.09. The Balaban J connectivity index is 1.86. The highest BCUT2D eigenvalue weighted by Crippen LogP contribution is 2.21. The lowest BCUT2D eigenvalue weighted by Crippen LogP contribution is -2.17. The van der Waals surface area contributed by atoms with Gasteiger partial charge < -0.3 is 5.32 Å². The minimum absolute atomic E-state index is 0.201. The number of hydrogen-bond acceptors (Lipinski definition) is 1. The first kappa shape index (κ1) is 15.3. The maximum absolute atomic E-state index is 13.2. The molecule has 0 aliphatic heterocycles. The summed E-state index contributed by atoms with van der Waals surface area (Å²) in [4.78, 5) is 0. The number of aryl methyl sites for hydroxylation is 1. The Bertz CT molecular complexity index is 599. The molecule has 1 nitrogen and oxygen atoms in total. The van der Waals surface area contributed by atoms with Crippen molar-refractivity contribution in [3.8, 4) is 0 Å². The van der Waals surface area contributed by atoms with Gasteiger partial charge in [-0.3, -0.25) is 0 Å². The smallest absolute Gasteiger partial charge is 0.123 e. The van der Waals surface area contributed by atoms with E-state index in [2.05, 4.69) is 5.32 Å². The molecule has 20 heavy (non-hydrogen) atoms. The van der Waals surface area contributed by atoms with Gasteiger partial charge in [-0.25, -0.2) is 4.39 Å². The van der Waals surface area contributed by atoms with E-state index in [0.717, 1.165) is 29.7 Å². The van der Waals surface area contributed by atoms with Crippen molar-refractivity contribution in [2.45, 2.75) is 19.9 Å². The maximum Gasteiger partial charge on any atom is 0.123 e. The molecule has 0 saturated heterocycles. The monoisotopic (exact) mass is 311 g/mol. The Morgan fingerprint density at radius 1 is 1.05 bits per heavy atom. The zero-order valence-electron chi connectivity index (χ0n) is 11.2. The molecule has 0 aliphatic carbocycles. The molecule has 0 bridgehead atoms. The van der Waals surface area contributed by atoms with Crippen LogP contribution < -0.4 is 5.32 Å². The third kappa shape index (κ3) is 4.20. The van der Waals surface area contributed by atoms with Crippen LogP contribution in [0.5, 0.6) is 0 Å². The minimum Gasteiger partial charge on any atom is -0.312 e. The Kier molecular flexibility index (Phi) is 5.41. The molecule has 2 aromatic rings. The number of rotatable bonds is 5. The standard InChI is InChI=1S/C16H16Cl2FN/c1-11-2-5-15(19)8-13(11)10-20-7-6-12-3-4-14(17)9-16(12)18/h2-5,8-9,20H,6-7,10H2,1H3. The van der Waals surface area contributed by atoms with Crippen molar-refractivity contribution in [3.05, 3.63) is 69.0 Å². The third-order valence-electron chi connectivity index (χ3n) is 3.21. The van der Waals surface area contributed by atoms with E-state index >= 15 is 0 Å². The van der Waals surface area contributed by atoms with Gasteiger partial charge in [0.2, 0.25) is 0 Å². The molecule has 0 radical (unpaired) electrons.